The second-order valence-electron chi connectivity index (χ2n) is 3.90. The second-order valence-corrected chi connectivity index (χ2v) is 4.23. The molecule has 0 amide bonds. The van der Waals surface area contributed by atoms with Crippen molar-refractivity contribution in [2.75, 3.05) is 23.7 Å². The number of nitrogens with two attached hydrogens (primary N) is 1. The van der Waals surface area contributed by atoms with Gasteiger partial charge in [-0.25, -0.2) is 4.98 Å². The maximum Gasteiger partial charge on any atom is 0.226 e. The van der Waals surface area contributed by atoms with E-state index >= 15 is 0 Å². The molecule has 0 radical (unpaired) electrons. The van der Waals surface area contributed by atoms with E-state index in [-0.39, 0.29) is 11.1 Å². The van der Waals surface area contributed by atoms with E-state index in [4.69, 9.17) is 22.7 Å². The molecule has 0 unspecified atom stereocenters. The van der Waals surface area contributed by atoms with Crippen LogP contribution in [-0.2, 0) is 0 Å². The highest BCUT2D eigenvalue weighted by atomic mass is 35.5. The molecule has 1 fully saturated rings. The van der Waals surface area contributed by atoms with E-state index in [0.717, 1.165) is 25.9 Å². The maximum atomic E-state index is 7.72. The summed E-state index contributed by atoms with van der Waals surface area (Å²) in [5.74, 6) is 0.983. The van der Waals surface area contributed by atoms with Crippen molar-refractivity contribution in [3.8, 4) is 0 Å². The lowest BCUT2D eigenvalue weighted by Crippen LogP contribution is -2.23. The average molecular weight is 240 g/mol. The number of nitrogen functional groups attached to an aromatic ring is 1. The van der Waals surface area contributed by atoms with Gasteiger partial charge < -0.3 is 16.0 Å². The van der Waals surface area contributed by atoms with Crippen molar-refractivity contribution in [3.63, 3.8) is 0 Å². The molecule has 1 saturated heterocycles. The van der Waals surface area contributed by atoms with Crippen molar-refractivity contribution >= 4 is 28.9 Å². The summed E-state index contributed by atoms with van der Waals surface area (Å²) >= 11 is 5.81. The van der Waals surface area contributed by atoms with Crippen molar-refractivity contribution in [2.45, 2.75) is 19.8 Å². The molecule has 0 atom stereocenters. The molecule has 16 heavy (non-hydrogen) atoms. The predicted octanol–water partition coefficient (Wildman–Crippen LogP) is 1.70. The van der Waals surface area contributed by atoms with Crippen LogP contribution in [0.1, 0.15) is 25.3 Å². The van der Waals surface area contributed by atoms with Crippen LogP contribution in [0.4, 0.5) is 11.6 Å². The van der Waals surface area contributed by atoms with Gasteiger partial charge in [-0.05, 0) is 31.4 Å². The SMILES string of the molecule is CC(=N)c1c(N)nc(Cl)nc1N1CCCC1. The van der Waals surface area contributed by atoms with Gasteiger partial charge in [0.25, 0.3) is 0 Å². The fourth-order valence-electron chi connectivity index (χ4n) is 1.96. The van der Waals surface area contributed by atoms with E-state index in [0.29, 0.717) is 17.1 Å². The molecule has 1 aromatic heterocycles. The number of hydrogen-bond acceptors (Lipinski definition) is 5. The molecule has 0 spiro atoms. The first-order valence-electron chi connectivity index (χ1n) is 5.23. The third kappa shape index (κ3) is 1.95. The predicted molar refractivity (Wildman–Crippen MR) is 65.4 cm³/mol. The number of nitrogens with one attached hydrogen (secondary N) is 1. The van der Waals surface area contributed by atoms with Crippen LogP contribution < -0.4 is 10.6 Å². The lowest BCUT2D eigenvalue weighted by atomic mass is 10.2. The zero-order valence-corrected chi connectivity index (χ0v) is 9.88. The van der Waals surface area contributed by atoms with Gasteiger partial charge in [0, 0.05) is 18.8 Å². The quantitative estimate of drug-likeness (QED) is 0.608. The highest BCUT2D eigenvalue weighted by molar-refractivity contribution is 6.28. The Hall–Kier alpha value is -1.36. The Bertz CT molecular complexity index is 425. The normalized spacial score (nSPS) is 15.5. The number of rotatable bonds is 2. The smallest absolute Gasteiger partial charge is 0.226 e. The molecule has 0 bridgehead atoms. The van der Waals surface area contributed by atoms with Gasteiger partial charge in [0.2, 0.25) is 5.28 Å². The van der Waals surface area contributed by atoms with E-state index in [1.165, 1.54) is 0 Å². The molecule has 2 rings (SSSR count). The highest BCUT2D eigenvalue weighted by Gasteiger charge is 2.21. The lowest BCUT2D eigenvalue weighted by Gasteiger charge is -2.20. The monoisotopic (exact) mass is 239 g/mol. The zero-order chi connectivity index (χ0) is 11.7. The van der Waals surface area contributed by atoms with Gasteiger partial charge in [-0.3, -0.25) is 0 Å². The summed E-state index contributed by atoms with van der Waals surface area (Å²) in [5.41, 5.74) is 6.76. The van der Waals surface area contributed by atoms with Gasteiger partial charge in [0.05, 0.1) is 5.56 Å². The van der Waals surface area contributed by atoms with Crippen LogP contribution >= 0.6 is 11.6 Å². The van der Waals surface area contributed by atoms with Crippen LogP contribution in [0.2, 0.25) is 5.28 Å². The summed E-state index contributed by atoms with van der Waals surface area (Å²) in [6.45, 7) is 3.56. The molecule has 6 heteroatoms. The Morgan fingerprint density at radius 1 is 1.38 bits per heavy atom. The number of nitrogens with zero attached hydrogens (tertiary/aromatic N) is 3. The summed E-state index contributed by atoms with van der Waals surface area (Å²) in [6, 6.07) is 0. The first kappa shape index (κ1) is 11.1. The Morgan fingerprint density at radius 2 is 2.00 bits per heavy atom. The van der Waals surface area contributed by atoms with E-state index in [2.05, 4.69) is 14.9 Å². The zero-order valence-electron chi connectivity index (χ0n) is 9.13. The number of halogens is 1. The molecule has 1 aliphatic rings. The van der Waals surface area contributed by atoms with E-state index in [9.17, 15) is 0 Å². The second kappa shape index (κ2) is 4.25. The van der Waals surface area contributed by atoms with Gasteiger partial charge >= 0.3 is 0 Å². The molecule has 2 heterocycles. The van der Waals surface area contributed by atoms with Crippen molar-refractivity contribution in [2.24, 2.45) is 0 Å². The standard InChI is InChI=1S/C10H14ClN5/c1-6(12)7-8(13)14-10(11)15-9(7)16-4-2-3-5-16/h12H,2-5H2,1H3,(H2,13,14,15). The van der Waals surface area contributed by atoms with E-state index < -0.39 is 0 Å². The first-order chi connectivity index (χ1) is 7.59. The summed E-state index contributed by atoms with van der Waals surface area (Å²) in [4.78, 5) is 10.2. The average Bonchev–Trinajstić information content (AvgIpc) is 2.67. The molecule has 86 valence electrons. The van der Waals surface area contributed by atoms with Crippen LogP contribution in [0.15, 0.2) is 0 Å². The molecular weight excluding hydrogens is 226 g/mol. The molecule has 1 aromatic rings. The molecule has 0 saturated carbocycles. The largest absolute Gasteiger partial charge is 0.383 e. The summed E-state index contributed by atoms with van der Waals surface area (Å²) in [6.07, 6.45) is 2.27. The van der Waals surface area contributed by atoms with Gasteiger partial charge in [-0.1, -0.05) is 0 Å². The third-order valence-corrected chi connectivity index (χ3v) is 2.84. The van der Waals surface area contributed by atoms with Crippen LogP contribution in [0, 0.1) is 5.41 Å². The fraction of sp³-hybridized carbons (Fsp3) is 0.500. The Labute approximate surface area is 99.1 Å². The van der Waals surface area contributed by atoms with Crippen molar-refractivity contribution in [1.82, 2.24) is 9.97 Å². The van der Waals surface area contributed by atoms with Gasteiger partial charge in [0.1, 0.15) is 11.6 Å². The van der Waals surface area contributed by atoms with Gasteiger partial charge in [-0.15, -0.1) is 0 Å². The Morgan fingerprint density at radius 3 is 2.56 bits per heavy atom. The number of hydrogen-bond donors (Lipinski definition) is 2. The third-order valence-electron chi connectivity index (χ3n) is 2.67. The van der Waals surface area contributed by atoms with Crippen molar-refractivity contribution in [1.29, 1.82) is 5.41 Å². The number of anilines is 2. The fourth-order valence-corrected chi connectivity index (χ4v) is 2.13. The molecule has 5 nitrogen and oxygen atoms in total. The first-order valence-corrected chi connectivity index (χ1v) is 5.61. The Kier molecular flexibility index (Phi) is 2.96. The Balaban J connectivity index is 2.52. The topological polar surface area (TPSA) is 78.9 Å². The van der Waals surface area contributed by atoms with Gasteiger partial charge in [0.15, 0.2) is 0 Å². The van der Waals surface area contributed by atoms with Crippen molar-refractivity contribution < 1.29 is 0 Å². The van der Waals surface area contributed by atoms with E-state index in [1.54, 1.807) is 6.92 Å². The lowest BCUT2D eigenvalue weighted by molar-refractivity contribution is 0.925. The maximum absolute atomic E-state index is 7.72. The van der Waals surface area contributed by atoms with Crippen LogP contribution in [0.5, 0.6) is 0 Å². The number of aromatic nitrogens is 2. The minimum atomic E-state index is 0.143. The summed E-state index contributed by atoms with van der Waals surface area (Å²) < 4.78 is 0. The minimum Gasteiger partial charge on any atom is -0.383 e. The van der Waals surface area contributed by atoms with Gasteiger partial charge in [-0.2, -0.15) is 4.98 Å². The molecule has 0 aliphatic carbocycles. The molecule has 3 N–H and O–H groups in total. The summed E-state index contributed by atoms with van der Waals surface area (Å²) in [5, 5.41) is 7.86. The van der Waals surface area contributed by atoms with Crippen LogP contribution in [0.25, 0.3) is 0 Å². The van der Waals surface area contributed by atoms with Crippen LogP contribution in [0.3, 0.4) is 0 Å². The van der Waals surface area contributed by atoms with E-state index in [1.807, 2.05) is 0 Å². The van der Waals surface area contributed by atoms with Crippen molar-refractivity contribution in [3.05, 3.63) is 10.8 Å². The minimum absolute atomic E-state index is 0.143. The highest BCUT2D eigenvalue weighted by Crippen LogP contribution is 2.27. The molecular formula is C10H14ClN5. The summed E-state index contributed by atoms with van der Waals surface area (Å²) in [7, 11) is 0. The van der Waals surface area contributed by atoms with Crippen LogP contribution in [-0.4, -0.2) is 28.8 Å². The molecule has 1 aliphatic heterocycles. The molecule has 0 aromatic carbocycles.